The van der Waals surface area contributed by atoms with Crippen LogP contribution < -0.4 is 40.9 Å². The number of allylic oxidation sites excluding steroid dienone is 16. The molecule has 0 atom stereocenters. The number of carbonyl (C=O) groups excluding carboxylic acids is 8. The molecule has 60 heavy (non-hydrogen) atoms. The molecule has 0 aromatic carbocycles. The summed E-state index contributed by atoms with van der Waals surface area (Å²) in [5, 5.41) is 79.8. The van der Waals surface area contributed by atoms with E-state index in [1.54, 1.807) is 0 Å². The molecule has 0 fully saturated rings. The first-order valence-corrected chi connectivity index (χ1v) is 15.9. The monoisotopic (exact) mass is 1030 g/mol. The molecule has 0 saturated carbocycles. The van der Waals surface area contributed by atoms with Gasteiger partial charge in [-0.15, -0.1) is 46.1 Å². The molecule has 4 radical (unpaired) electrons. The maximum atomic E-state index is 9.98. The number of rotatable bonds is 8. The Balaban J connectivity index is -0.0000000435. The van der Waals surface area contributed by atoms with Crippen molar-refractivity contribution in [2.75, 3.05) is 0 Å². The van der Waals surface area contributed by atoms with Gasteiger partial charge >= 0.3 is 67.1 Å². The van der Waals surface area contributed by atoms with E-state index in [1.807, 2.05) is 0 Å². The molecular weight excluding hydrogens is 972 g/mol. The Hall–Kier alpha value is -4.29. The fraction of sp³-hybridized carbons (Fsp3) is 0.400. The third-order valence-corrected chi connectivity index (χ3v) is 3.25. The molecule has 0 aromatic heterocycles. The maximum Gasteiger partial charge on any atom is 2.00 e. The average Bonchev–Trinajstić information content (AvgIpc) is 2.84. The van der Waals surface area contributed by atoms with E-state index in [1.165, 1.54) is 111 Å². The molecule has 0 rings (SSSR count). The second kappa shape index (κ2) is 59.0. The van der Waals surface area contributed by atoms with Crippen molar-refractivity contribution in [1.82, 2.24) is 0 Å². The molecule has 0 bridgehead atoms. The molecule has 0 heterocycles. The molecule has 0 aliphatic carbocycles. The van der Waals surface area contributed by atoms with Crippen LogP contribution in [0.15, 0.2) is 94.7 Å². The molecule has 0 aromatic rings. The minimum atomic E-state index is -0.187. The molecular formula is C40H56Co4O16. The molecule has 16 nitrogen and oxygen atoms in total. The minimum Gasteiger partial charge on any atom is -0.876 e. The van der Waals surface area contributed by atoms with Gasteiger partial charge in [-0.25, -0.2) is 0 Å². The van der Waals surface area contributed by atoms with E-state index >= 15 is 0 Å². The van der Waals surface area contributed by atoms with Crippen molar-refractivity contribution in [3.63, 3.8) is 0 Å². The number of ketones is 8. The maximum absolute atomic E-state index is 9.98. The average molecular weight is 1030 g/mol. The van der Waals surface area contributed by atoms with Crippen LogP contribution in [-0.4, -0.2) is 46.3 Å². The van der Waals surface area contributed by atoms with Gasteiger partial charge in [0.25, 0.3) is 0 Å². The Labute approximate surface area is 395 Å². The van der Waals surface area contributed by atoms with Crippen LogP contribution in [0.3, 0.4) is 0 Å². The minimum absolute atomic E-state index is 0. The first-order valence-electron chi connectivity index (χ1n) is 15.9. The van der Waals surface area contributed by atoms with Crippen LogP contribution in [0.2, 0.25) is 0 Å². The van der Waals surface area contributed by atoms with E-state index in [4.69, 9.17) is 0 Å². The SMILES string of the molecule is CC(=O)/C=C(/C)[O-].CC(=O)/C=C(/C)[O-].CC(=O)/C=C(/C)[O-].CC(=O)/C=C(/C)[O-].CC(=O)/C=C(/C)[O-].CC(=O)/C=C(/C)[O-].CC(=O)/C=C(/C)[O-].CC(=O)/C=C(/C)[O-].[Co+2].[Co+2].[Co+2].[Co+2]. The van der Waals surface area contributed by atoms with E-state index in [9.17, 15) is 79.2 Å². The van der Waals surface area contributed by atoms with Gasteiger partial charge in [-0.1, -0.05) is 55.4 Å². The van der Waals surface area contributed by atoms with E-state index < -0.39 is 0 Å². The molecule has 0 spiro atoms. The number of hydrogen-bond acceptors (Lipinski definition) is 16. The van der Waals surface area contributed by atoms with Crippen molar-refractivity contribution < 1.29 is 146 Å². The van der Waals surface area contributed by atoms with Gasteiger partial charge in [0.1, 0.15) is 0 Å². The Morgan fingerprint density at radius 1 is 0.200 bits per heavy atom. The summed E-state index contributed by atoms with van der Waals surface area (Å²) in [6.45, 7) is 21.6. The second-order valence-electron chi connectivity index (χ2n) is 10.9. The van der Waals surface area contributed by atoms with Crippen LogP contribution in [0, 0.1) is 0 Å². The topological polar surface area (TPSA) is 321 Å². The van der Waals surface area contributed by atoms with Gasteiger partial charge in [0.15, 0.2) is 46.3 Å². The summed E-state index contributed by atoms with van der Waals surface area (Å²) in [6.07, 6.45) is 8.44. The van der Waals surface area contributed by atoms with Gasteiger partial charge in [-0.3, -0.25) is 38.4 Å². The van der Waals surface area contributed by atoms with E-state index in [-0.39, 0.29) is 159 Å². The third-order valence-electron chi connectivity index (χ3n) is 3.25. The Morgan fingerprint density at radius 3 is 0.250 bits per heavy atom. The molecule has 0 unspecified atom stereocenters. The van der Waals surface area contributed by atoms with Gasteiger partial charge in [0.05, 0.1) is 0 Å². The number of carbonyl (C=O) groups is 8. The molecule has 348 valence electrons. The molecule has 20 heteroatoms. The Bertz CT molecular complexity index is 1150. The van der Waals surface area contributed by atoms with Crippen molar-refractivity contribution in [3.8, 4) is 0 Å². The van der Waals surface area contributed by atoms with Crippen molar-refractivity contribution in [3.05, 3.63) is 94.7 Å². The number of hydrogen-bond donors (Lipinski definition) is 0. The predicted octanol–water partition coefficient (Wildman–Crippen LogP) is -1.29. The third kappa shape index (κ3) is 194. The molecule has 0 aliphatic heterocycles. The second-order valence-corrected chi connectivity index (χ2v) is 10.9. The largest absolute Gasteiger partial charge is 2.00 e. The van der Waals surface area contributed by atoms with Crippen molar-refractivity contribution in [1.29, 1.82) is 0 Å². The van der Waals surface area contributed by atoms with Gasteiger partial charge in [0.2, 0.25) is 0 Å². The molecule has 0 N–H and O–H groups in total. The summed E-state index contributed by atoms with van der Waals surface area (Å²) in [5.41, 5.74) is 0. The smallest absolute Gasteiger partial charge is 0.876 e. The van der Waals surface area contributed by atoms with Crippen molar-refractivity contribution >= 4 is 46.3 Å². The quantitative estimate of drug-likeness (QED) is 0.202. The zero-order valence-corrected chi connectivity index (χ0v) is 40.6. The van der Waals surface area contributed by atoms with Crippen LogP contribution in [0.4, 0.5) is 0 Å². The summed E-state index contributed by atoms with van der Waals surface area (Å²) in [5.74, 6) is -3.00. The van der Waals surface area contributed by atoms with Crippen LogP contribution >= 0.6 is 0 Å². The summed E-state index contributed by atoms with van der Waals surface area (Å²) >= 11 is 0. The summed E-state index contributed by atoms with van der Waals surface area (Å²) in [7, 11) is 0. The van der Waals surface area contributed by atoms with E-state index in [0.717, 1.165) is 48.6 Å². The van der Waals surface area contributed by atoms with Crippen LogP contribution in [0.25, 0.3) is 0 Å². The predicted molar refractivity (Wildman–Crippen MR) is 196 cm³/mol. The van der Waals surface area contributed by atoms with Crippen LogP contribution in [-0.2, 0) is 105 Å². The fourth-order valence-corrected chi connectivity index (χ4v) is 2.29. The normalized spacial score (nSPS) is 10.7. The summed E-state index contributed by atoms with van der Waals surface area (Å²) in [4.78, 5) is 79.8. The van der Waals surface area contributed by atoms with E-state index in [0.29, 0.717) is 0 Å². The van der Waals surface area contributed by atoms with Gasteiger partial charge < -0.3 is 40.9 Å². The summed E-state index contributed by atoms with van der Waals surface area (Å²) in [6, 6.07) is 0. The molecule has 0 amide bonds. The van der Waals surface area contributed by atoms with Crippen LogP contribution in [0.1, 0.15) is 111 Å². The first kappa shape index (κ1) is 87.3. The van der Waals surface area contributed by atoms with Gasteiger partial charge in [0, 0.05) is 0 Å². The van der Waals surface area contributed by atoms with Gasteiger partial charge in [-0.05, 0) is 104 Å². The zero-order chi connectivity index (χ0) is 46.9. The van der Waals surface area contributed by atoms with Gasteiger partial charge in [-0.2, -0.15) is 0 Å². The fourth-order valence-electron chi connectivity index (χ4n) is 2.29. The standard InChI is InChI=1S/8C5H8O2.4Co/c8*1-4(6)3-5(2)7;;;;/h8*3,6H,1-2H3;;;;/q;;;;;;;;4*+2/p-8/b8*4-3-;;;;. The van der Waals surface area contributed by atoms with E-state index in [2.05, 4.69) is 0 Å². The van der Waals surface area contributed by atoms with Crippen molar-refractivity contribution in [2.45, 2.75) is 111 Å². The Morgan fingerprint density at radius 2 is 0.250 bits per heavy atom. The first-order chi connectivity index (χ1) is 25.0. The Kier molecular flexibility index (Phi) is 85.8. The molecule has 0 aliphatic rings. The summed E-state index contributed by atoms with van der Waals surface area (Å²) < 4.78 is 0. The van der Waals surface area contributed by atoms with Crippen LogP contribution in [0.5, 0.6) is 0 Å². The molecule has 0 saturated heterocycles. The zero-order valence-electron chi connectivity index (χ0n) is 36.5. The van der Waals surface area contributed by atoms with Crippen molar-refractivity contribution in [2.24, 2.45) is 0 Å².